The van der Waals surface area contributed by atoms with Crippen molar-refractivity contribution >= 4 is 5.97 Å². The van der Waals surface area contributed by atoms with Crippen molar-refractivity contribution < 1.29 is 34.7 Å². The van der Waals surface area contributed by atoms with Gasteiger partial charge in [-0.3, -0.25) is 0 Å². The molecule has 1 saturated heterocycles. The molecule has 2 aliphatic heterocycles. The number of hydrogen-bond donors (Lipinski definition) is 4. The summed E-state index contributed by atoms with van der Waals surface area (Å²) < 4.78 is 11.1. The molecule has 0 aromatic carbocycles. The van der Waals surface area contributed by atoms with Gasteiger partial charge in [0.25, 0.3) is 0 Å². The van der Waals surface area contributed by atoms with Gasteiger partial charge in [-0.15, -0.1) is 0 Å². The summed E-state index contributed by atoms with van der Waals surface area (Å²) in [6.07, 6.45) is 25.7. The Balaban J connectivity index is 1.44. The average molecular weight is 623 g/mol. The number of cyclic esters (lactones) is 1. The first-order chi connectivity index (χ1) is 21.3. The van der Waals surface area contributed by atoms with Crippen molar-refractivity contribution in [1.29, 1.82) is 0 Å². The number of unbranched alkanes of at least 4 members (excludes halogenated alkanes) is 13. The maximum absolute atomic E-state index is 11.6. The Kier molecular flexibility index (Phi) is 21.2. The lowest BCUT2D eigenvalue weighted by molar-refractivity contribution is -0.139. The Morgan fingerprint density at radius 3 is 1.93 bits per heavy atom. The zero-order valence-electron chi connectivity index (χ0n) is 28.1. The SMILES string of the molecule is CCCCCCCCCCCC=CC(O)CCC(O)C1CCC(C(O)CCC(O)CCCCCCCC2=CC(C)OC2=O)O1. The molecule has 256 valence electrons. The van der Waals surface area contributed by atoms with Crippen LogP contribution in [0.15, 0.2) is 23.8 Å². The highest BCUT2D eigenvalue weighted by molar-refractivity contribution is 5.90. The van der Waals surface area contributed by atoms with E-state index in [1.165, 1.54) is 51.4 Å². The van der Waals surface area contributed by atoms with Crippen LogP contribution in [0, 0.1) is 0 Å². The minimum absolute atomic E-state index is 0.0951. The molecule has 0 amide bonds. The van der Waals surface area contributed by atoms with Gasteiger partial charge in [-0.05, 0) is 83.6 Å². The number of rotatable bonds is 27. The lowest BCUT2D eigenvalue weighted by atomic mass is 9.99. The van der Waals surface area contributed by atoms with Crippen LogP contribution in [-0.2, 0) is 14.3 Å². The topological polar surface area (TPSA) is 116 Å². The Bertz CT molecular complexity index is 797. The predicted molar refractivity (Wildman–Crippen MR) is 177 cm³/mol. The molecular weight excluding hydrogens is 556 g/mol. The first-order valence-corrected chi connectivity index (χ1v) is 18.3. The second-order valence-corrected chi connectivity index (χ2v) is 13.5. The second-order valence-electron chi connectivity index (χ2n) is 13.5. The van der Waals surface area contributed by atoms with E-state index in [9.17, 15) is 25.2 Å². The molecule has 0 bridgehead atoms. The van der Waals surface area contributed by atoms with Gasteiger partial charge >= 0.3 is 5.97 Å². The number of allylic oxidation sites excluding steroid dienone is 1. The number of hydrogen-bond acceptors (Lipinski definition) is 7. The van der Waals surface area contributed by atoms with Crippen molar-refractivity contribution in [2.75, 3.05) is 0 Å². The van der Waals surface area contributed by atoms with E-state index in [1.807, 2.05) is 19.1 Å². The molecule has 44 heavy (non-hydrogen) atoms. The highest BCUT2D eigenvalue weighted by atomic mass is 16.5. The number of carbonyl (C=O) groups is 1. The molecule has 4 N–H and O–H groups in total. The van der Waals surface area contributed by atoms with Crippen molar-refractivity contribution in [3.05, 3.63) is 23.8 Å². The monoisotopic (exact) mass is 622 g/mol. The van der Waals surface area contributed by atoms with Crippen LogP contribution in [0.3, 0.4) is 0 Å². The molecule has 7 nitrogen and oxygen atoms in total. The third-order valence-electron chi connectivity index (χ3n) is 9.30. The molecule has 0 aromatic heterocycles. The molecule has 2 aliphatic rings. The van der Waals surface area contributed by atoms with Crippen LogP contribution in [-0.4, -0.2) is 69.1 Å². The highest BCUT2D eigenvalue weighted by Gasteiger charge is 2.34. The van der Waals surface area contributed by atoms with Crippen LogP contribution in [0.4, 0.5) is 0 Å². The minimum atomic E-state index is -0.648. The number of aliphatic hydroxyl groups is 4. The molecule has 0 aromatic rings. The molecule has 2 heterocycles. The molecule has 0 saturated carbocycles. The van der Waals surface area contributed by atoms with Gasteiger partial charge < -0.3 is 29.9 Å². The van der Waals surface area contributed by atoms with Gasteiger partial charge in [-0.2, -0.15) is 0 Å². The van der Waals surface area contributed by atoms with Crippen molar-refractivity contribution in [2.45, 2.75) is 204 Å². The fraction of sp³-hybridized carbons (Fsp3) is 0.865. The average Bonchev–Trinajstić information content (AvgIpc) is 3.63. The fourth-order valence-corrected chi connectivity index (χ4v) is 6.44. The van der Waals surface area contributed by atoms with Gasteiger partial charge in [0.1, 0.15) is 6.10 Å². The first kappa shape index (κ1) is 38.9. The standard InChI is InChI=1S/C37H66O7/c1-3-4-5-6-7-8-9-10-11-14-17-20-31(38)22-24-33(40)35-26-27-36(44-35)34(41)25-23-32(39)21-18-15-12-13-16-19-30-28-29(2)43-37(30)42/h17,20,28-29,31-36,38-41H,3-16,18-19,21-27H2,1-2H3. The molecule has 1 fully saturated rings. The van der Waals surface area contributed by atoms with E-state index in [-0.39, 0.29) is 24.3 Å². The zero-order valence-corrected chi connectivity index (χ0v) is 28.1. The van der Waals surface area contributed by atoms with Crippen LogP contribution in [0.5, 0.6) is 0 Å². The maximum atomic E-state index is 11.6. The van der Waals surface area contributed by atoms with E-state index in [0.717, 1.165) is 63.4 Å². The van der Waals surface area contributed by atoms with E-state index in [1.54, 1.807) is 0 Å². The number of ether oxygens (including phenoxy) is 2. The van der Waals surface area contributed by atoms with Crippen LogP contribution < -0.4 is 0 Å². The van der Waals surface area contributed by atoms with Crippen molar-refractivity contribution in [1.82, 2.24) is 0 Å². The largest absolute Gasteiger partial charge is 0.455 e. The third kappa shape index (κ3) is 17.4. The lowest BCUT2D eigenvalue weighted by Gasteiger charge is -2.23. The Morgan fingerprint density at radius 1 is 0.750 bits per heavy atom. The number of esters is 1. The first-order valence-electron chi connectivity index (χ1n) is 18.3. The van der Waals surface area contributed by atoms with Crippen molar-refractivity contribution in [3.63, 3.8) is 0 Å². The van der Waals surface area contributed by atoms with E-state index < -0.39 is 24.4 Å². The van der Waals surface area contributed by atoms with Crippen LogP contribution in [0.1, 0.15) is 162 Å². The van der Waals surface area contributed by atoms with E-state index >= 15 is 0 Å². The molecule has 0 aliphatic carbocycles. The second kappa shape index (κ2) is 24.0. The van der Waals surface area contributed by atoms with E-state index in [4.69, 9.17) is 9.47 Å². The summed E-state index contributed by atoms with van der Waals surface area (Å²) in [5.41, 5.74) is 0.805. The number of aliphatic hydroxyl groups excluding tert-OH is 4. The third-order valence-corrected chi connectivity index (χ3v) is 9.30. The molecule has 7 unspecified atom stereocenters. The van der Waals surface area contributed by atoms with Gasteiger partial charge in [0.05, 0.1) is 36.6 Å². The van der Waals surface area contributed by atoms with Crippen molar-refractivity contribution in [3.8, 4) is 0 Å². The van der Waals surface area contributed by atoms with E-state index in [0.29, 0.717) is 38.5 Å². The van der Waals surface area contributed by atoms with Crippen molar-refractivity contribution in [2.24, 2.45) is 0 Å². The zero-order chi connectivity index (χ0) is 32.0. The Morgan fingerprint density at radius 2 is 1.32 bits per heavy atom. The summed E-state index contributed by atoms with van der Waals surface area (Å²) in [6.45, 7) is 4.13. The van der Waals surface area contributed by atoms with Gasteiger partial charge in [-0.1, -0.05) is 96.1 Å². The van der Waals surface area contributed by atoms with Gasteiger partial charge in [-0.25, -0.2) is 4.79 Å². The Hall–Kier alpha value is -1.25. The van der Waals surface area contributed by atoms with Crippen LogP contribution in [0.2, 0.25) is 0 Å². The summed E-state index contributed by atoms with van der Waals surface area (Å²) in [7, 11) is 0. The molecule has 2 rings (SSSR count). The fourth-order valence-electron chi connectivity index (χ4n) is 6.44. The summed E-state index contributed by atoms with van der Waals surface area (Å²) in [4.78, 5) is 11.6. The summed E-state index contributed by atoms with van der Waals surface area (Å²) in [6, 6.07) is 0. The lowest BCUT2D eigenvalue weighted by Crippen LogP contribution is -2.32. The quantitative estimate of drug-likeness (QED) is 0.0423. The number of carbonyl (C=O) groups excluding carboxylic acids is 1. The molecule has 0 radical (unpaired) electrons. The molecular formula is C37H66O7. The van der Waals surface area contributed by atoms with Gasteiger partial charge in [0.15, 0.2) is 0 Å². The smallest absolute Gasteiger partial charge is 0.334 e. The summed E-state index contributed by atoms with van der Waals surface area (Å²) >= 11 is 0. The van der Waals surface area contributed by atoms with Crippen LogP contribution in [0.25, 0.3) is 0 Å². The molecule has 7 atom stereocenters. The highest BCUT2D eigenvalue weighted by Crippen LogP contribution is 2.28. The normalized spacial score (nSPS) is 23.2. The summed E-state index contributed by atoms with van der Waals surface area (Å²) in [5.74, 6) is -0.171. The Labute approximate surface area is 268 Å². The van der Waals surface area contributed by atoms with Gasteiger partial charge in [0.2, 0.25) is 0 Å². The van der Waals surface area contributed by atoms with Crippen LogP contribution >= 0.6 is 0 Å². The maximum Gasteiger partial charge on any atom is 0.334 e. The molecule has 7 heteroatoms. The predicted octanol–water partition coefficient (Wildman–Crippen LogP) is 7.62. The molecule has 0 spiro atoms. The van der Waals surface area contributed by atoms with E-state index in [2.05, 4.69) is 13.0 Å². The minimum Gasteiger partial charge on any atom is -0.455 e. The van der Waals surface area contributed by atoms with Gasteiger partial charge in [0, 0.05) is 5.57 Å². The summed E-state index contributed by atoms with van der Waals surface area (Å²) in [5, 5.41) is 41.9.